The molecule has 0 N–H and O–H groups in total. The maximum absolute atomic E-state index is 10.9. The van der Waals surface area contributed by atoms with Gasteiger partial charge in [-0.1, -0.05) is 20.4 Å². The SMILES string of the molecule is C=CC(=O)c1cccnc1.CC. The van der Waals surface area contributed by atoms with Gasteiger partial charge in [-0.25, -0.2) is 0 Å². The van der Waals surface area contributed by atoms with Gasteiger partial charge in [-0.3, -0.25) is 9.78 Å². The van der Waals surface area contributed by atoms with Crippen molar-refractivity contribution in [2.24, 2.45) is 0 Å². The van der Waals surface area contributed by atoms with Crippen LogP contribution in [-0.2, 0) is 0 Å². The van der Waals surface area contributed by atoms with Crippen molar-refractivity contribution < 1.29 is 4.79 Å². The minimum absolute atomic E-state index is 0.0897. The largest absolute Gasteiger partial charge is 0.289 e. The number of hydrogen-bond donors (Lipinski definition) is 0. The van der Waals surface area contributed by atoms with Crippen LogP contribution in [0, 0.1) is 0 Å². The first-order valence-corrected chi connectivity index (χ1v) is 3.91. The lowest BCUT2D eigenvalue weighted by Crippen LogP contribution is -1.92. The number of allylic oxidation sites excluding steroid dienone is 1. The monoisotopic (exact) mass is 163 g/mol. The molecule has 0 aliphatic carbocycles. The van der Waals surface area contributed by atoms with Gasteiger partial charge in [0, 0.05) is 18.0 Å². The predicted octanol–water partition coefficient (Wildman–Crippen LogP) is 2.48. The van der Waals surface area contributed by atoms with Crippen molar-refractivity contribution in [2.75, 3.05) is 0 Å². The van der Waals surface area contributed by atoms with Crippen molar-refractivity contribution in [3.63, 3.8) is 0 Å². The molecule has 0 spiro atoms. The lowest BCUT2D eigenvalue weighted by Gasteiger charge is -1.90. The summed E-state index contributed by atoms with van der Waals surface area (Å²) < 4.78 is 0. The van der Waals surface area contributed by atoms with E-state index in [1.54, 1.807) is 18.3 Å². The second-order valence-electron chi connectivity index (χ2n) is 1.81. The molecule has 0 aliphatic heterocycles. The van der Waals surface area contributed by atoms with E-state index < -0.39 is 0 Å². The van der Waals surface area contributed by atoms with Crippen molar-refractivity contribution in [2.45, 2.75) is 13.8 Å². The van der Waals surface area contributed by atoms with Crippen molar-refractivity contribution in [1.29, 1.82) is 0 Å². The topological polar surface area (TPSA) is 30.0 Å². The van der Waals surface area contributed by atoms with Gasteiger partial charge >= 0.3 is 0 Å². The molecular formula is C10H13NO. The van der Waals surface area contributed by atoms with E-state index in [4.69, 9.17) is 0 Å². The minimum atomic E-state index is -0.0897. The Balaban J connectivity index is 0.000000561. The second kappa shape index (κ2) is 6.28. The first-order valence-electron chi connectivity index (χ1n) is 3.91. The summed E-state index contributed by atoms with van der Waals surface area (Å²) in [7, 11) is 0. The maximum Gasteiger partial charge on any atom is 0.186 e. The summed E-state index contributed by atoms with van der Waals surface area (Å²) in [4.78, 5) is 14.6. The van der Waals surface area contributed by atoms with Crippen LogP contribution in [0.25, 0.3) is 0 Å². The molecule has 2 heteroatoms. The molecule has 0 aromatic carbocycles. The number of hydrogen-bond acceptors (Lipinski definition) is 2. The Morgan fingerprint density at radius 2 is 2.25 bits per heavy atom. The van der Waals surface area contributed by atoms with Gasteiger partial charge in [0.2, 0.25) is 0 Å². The number of carbonyl (C=O) groups is 1. The lowest BCUT2D eigenvalue weighted by atomic mass is 10.2. The molecular weight excluding hydrogens is 150 g/mol. The summed E-state index contributed by atoms with van der Waals surface area (Å²) in [6.07, 6.45) is 4.42. The Bertz CT molecular complexity index is 241. The molecule has 2 nitrogen and oxygen atoms in total. The molecule has 0 saturated heterocycles. The van der Waals surface area contributed by atoms with Crippen LogP contribution >= 0.6 is 0 Å². The van der Waals surface area contributed by atoms with Crippen molar-refractivity contribution in [3.8, 4) is 0 Å². The summed E-state index contributed by atoms with van der Waals surface area (Å²) in [6.45, 7) is 7.36. The minimum Gasteiger partial charge on any atom is -0.289 e. The van der Waals surface area contributed by atoms with E-state index in [2.05, 4.69) is 11.6 Å². The quantitative estimate of drug-likeness (QED) is 0.495. The Labute approximate surface area is 73.0 Å². The first kappa shape index (κ1) is 10.6. The van der Waals surface area contributed by atoms with E-state index in [-0.39, 0.29) is 5.78 Å². The second-order valence-corrected chi connectivity index (χ2v) is 1.81. The van der Waals surface area contributed by atoms with Crippen LogP contribution in [0.2, 0.25) is 0 Å². The summed E-state index contributed by atoms with van der Waals surface area (Å²) in [5, 5.41) is 0. The summed E-state index contributed by atoms with van der Waals surface area (Å²) >= 11 is 0. The molecule has 0 bridgehead atoms. The normalized spacial score (nSPS) is 7.83. The van der Waals surface area contributed by atoms with E-state index in [1.165, 1.54) is 12.3 Å². The highest BCUT2D eigenvalue weighted by Crippen LogP contribution is 1.96. The average molecular weight is 163 g/mol. The molecule has 1 rings (SSSR count). The van der Waals surface area contributed by atoms with Crippen molar-refractivity contribution in [1.82, 2.24) is 4.98 Å². The summed E-state index contributed by atoms with van der Waals surface area (Å²) in [6, 6.07) is 3.42. The fraction of sp³-hybridized carbons (Fsp3) is 0.200. The van der Waals surface area contributed by atoms with Crippen LogP contribution < -0.4 is 0 Å². The number of nitrogens with zero attached hydrogens (tertiary/aromatic N) is 1. The highest BCUT2D eigenvalue weighted by atomic mass is 16.1. The third-order valence-electron chi connectivity index (χ3n) is 1.13. The van der Waals surface area contributed by atoms with Crippen LogP contribution in [0.1, 0.15) is 24.2 Å². The Kier molecular flexibility index (Phi) is 5.53. The first-order chi connectivity index (χ1) is 5.84. The predicted molar refractivity (Wildman–Crippen MR) is 50.1 cm³/mol. The third-order valence-corrected chi connectivity index (χ3v) is 1.13. The zero-order valence-corrected chi connectivity index (χ0v) is 7.45. The van der Waals surface area contributed by atoms with E-state index >= 15 is 0 Å². The molecule has 1 heterocycles. The van der Waals surface area contributed by atoms with E-state index in [0.717, 1.165) is 0 Å². The molecule has 64 valence electrons. The van der Waals surface area contributed by atoms with Gasteiger partial charge in [0.1, 0.15) is 0 Å². The highest BCUT2D eigenvalue weighted by Gasteiger charge is 1.96. The number of carbonyl (C=O) groups excluding carboxylic acids is 1. The highest BCUT2D eigenvalue weighted by molar-refractivity contribution is 6.03. The fourth-order valence-corrected chi connectivity index (χ4v) is 0.626. The molecule has 0 aliphatic rings. The molecule has 0 unspecified atom stereocenters. The zero-order valence-electron chi connectivity index (χ0n) is 7.45. The average Bonchev–Trinajstić information content (AvgIpc) is 2.21. The molecule has 0 radical (unpaired) electrons. The Morgan fingerprint density at radius 3 is 2.67 bits per heavy atom. The van der Waals surface area contributed by atoms with Gasteiger partial charge in [0.25, 0.3) is 0 Å². The van der Waals surface area contributed by atoms with E-state index in [1.807, 2.05) is 13.8 Å². The number of ketones is 1. The molecule has 0 saturated carbocycles. The van der Waals surface area contributed by atoms with E-state index in [9.17, 15) is 4.79 Å². The molecule has 12 heavy (non-hydrogen) atoms. The standard InChI is InChI=1S/C8H7NO.C2H6/c1-2-8(10)7-4-3-5-9-6-7;1-2/h2-6H,1H2;1-2H3. The van der Waals surface area contributed by atoms with Crippen LogP contribution in [0.3, 0.4) is 0 Å². The van der Waals surface area contributed by atoms with Gasteiger partial charge in [-0.2, -0.15) is 0 Å². The van der Waals surface area contributed by atoms with Gasteiger partial charge in [-0.05, 0) is 18.2 Å². The smallest absolute Gasteiger partial charge is 0.186 e. The van der Waals surface area contributed by atoms with Crippen LogP contribution in [0.5, 0.6) is 0 Å². The maximum atomic E-state index is 10.9. The van der Waals surface area contributed by atoms with E-state index in [0.29, 0.717) is 5.56 Å². The van der Waals surface area contributed by atoms with Gasteiger partial charge in [0.15, 0.2) is 5.78 Å². The molecule has 1 aromatic heterocycles. The molecule has 0 amide bonds. The number of pyridine rings is 1. The Hall–Kier alpha value is -1.44. The summed E-state index contributed by atoms with van der Waals surface area (Å²) in [5.74, 6) is -0.0897. The summed E-state index contributed by atoms with van der Waals surface area (Å²) in [5.41, 5.74) is 0.581. The van der Waals surface area contributed by atoms with Crippen molar-refractivity contribution >= 4 is 5.78 Å². The number of aromatic nitrogens is 1. The van der Waals surface area contributed by atoms with Crippen LogP contribution in [0.4, 0.5) is 0 Å². The lowest BCUT2D eigenvalue weighted by molar-refractivity contribution is 0.104. The zero-order chi connectivity index (χ0) is 9.40. The number of rotatable bonds is 2. The van der Waals surface area contributed by atoms with Crippen molar-refractivity contribution in [3.05, 3.63) is 42.7 Å². The van der Waals surface area contributed by atoms with Gasteiger partial charge in [0.05, 0.1) is 0 Å². The molecule has 1 aromatic rings. The fourth-order valence-electron chi connectivity index (χ4n) is 0.626. The molecule has 0 fully saturated rings. The third kappa shape index (κ3) is 3.10. The Morgan fingerprint density at radius 1 is 1.58 bits per heavy atom. The van der Waals surface area contributed by atoms with Gasteiger partial charge in [-0.15, -0.1) is 0 Å². The van der Waals surface area contributed by atoms with Crippen LogP contribution in [0.15, 0.2) is 37.2 Å². The van der Waals surface area contributed by atoms with Gasteiger partial charge < -0.3 is 0 Å². The van der Waals surface area contributed by atoms with Crippen LogP contribution in [-0.4, -0.2) is 10.8 Å². The molecule has 0 atom stereocenters.